The summed E-state index contributed by atoms with van der Waals surface area (Å²) >= 11 is 0. The molecule has 1 saturated heterocycles. The Bertz CT molecular complexity index is 599. The standard InChI is InChI=1S/C16H23N5O2/c1-3-10(2)19-16(23)20-13-8-9-21(15(13)22)12-6-4-11(5-7-12)14(17)18/h4-7,10,13H,3,8-9H2,1-2H3,(H3,17,18)(H2,19,20,23). The topological polar surface area (TPSA) is 111 Å². The van der Waals surface area contributed by atoms with E-state index in [2.05, 4.69) is 10.6 Å². The third-order valence-electron chi connectivity index (χ3n) is 3.99. The molecule has 1 aromatic carbocycles. The lowest BCUT2D eigenvalue weighted by Gasteiger charge is -2.18. The van der Waals surface area contributed by atoms with Gasteiger partial charge in [-0.3, -0.25) is 10.2 Å². The van der Waals surface area contributed by atoms with E-state index in [0.29, 0.717) is 18.5 Å². The van der Waals surface area contributed by atoms with Crippen molar-refractivity contribution in [3.8, 4) is 0 Å². The van der Waals surface area contributed by atoms with Gasteiger partial charge in [0.05, 0.1) is 0 Å². The lowest BCUT2D eigenvalue weighted by molar-refractivity contribution is -0.118. The minimum atomic E-state index is -0.508. The van der Waals surface area contributed by atoms with Crippen LogP contribution in [0.2, 0.25) is 0 Å². The highest BCUT2D eigenvalue weighted by molar-refractivity contribution is 6.02. The Morgan fingerprint density at radius 1 is 1.43 bits per heavy atom. The molecule has 0 bridgehead atoms. The summed E-state index contributed by atoms with van der Waals surface area (Å²) in [4.78, 5) is 25.9. The van der Waals surface area contributed by atoms with Crippen molar-refractivity contribution in [2.45, 2.75) is 38.8 Å². The van der Waals surface area contributed by atoms with Gasteiger partial charge in [0.2, 0.25) is 5.91 Å². The second-order valence-corrected chi connectivity index (χ2v) is 5.72. The van der Waals surface area contributed by atoms with Crippen molar-refractivity contribution in [1.82, 2.24) is 10.6 Å². The number of nitrogens with two attached hydrogens (primary N) is 1. The van der Waals surface area contributed by atoms with E-state index in [1.165, 1.54) is 0 Å². The van der Waals surface area contributed by atoms with E-state index < -0.39 is 6.04 Å². The first kappa shape index (κ1) is 16.8. The fourth-order valence-electron chi connectivity index (χ4n) is 2.42. The van der Waals surface area contributed by atoms with Crippen molar-refractivity contribution in [2.24, 2.45) is 5.73 Å². The highest BCUT2D eigenvalue weighted by Gasteiger charge is 2.33. The van der Waals surface area contributed by atoms with E-state index in [1.54, 1.807) is 29.2 Å². The molecule has 0 aromatic heterocycles. The summed E-state index contributed by atoms with van der Waals surface area (Å²) in [5.41, 5.74) is 6.78. The predicted octanol–water partition coefficient (Wildman–Crippen LogP) is 1.17. The molecule has 3 amide bonds. The Morgan fingerprint density at radius 2 is 2.09 bits per heavy atom. The number of hydrogen-bond acceptors (Lipinski definition) is 3. The van der Waals surface area contributed by atoms with Gasteiger partial charge in [0.15, 0.2) is 0 Å². The number of urea groups is 1. The van der Waals surface area contributed by atoms with Gasteiger partial charge in [0, 0.05) is 23.8 Å². The van der Waals surface area contributed by atoms with E-state index in [0.717, 1.165) is 12.1 Å². The Labute approximate surface area is 135 Å². The van der Waals surface area contributed by atoms with Crippen LogP contribution in [0.5, 0.6) is 0 Å². The summed E-state index contributed by atoms with van der Waals surface area (Å²) in [7, 11) is 0. The molecule has 0 spiro atoms. The zero-order chi connectivity index (χ0) is 17.0. The number of carbonyl (C=O) groups is 2. The first-order chi connectivity index (χ1) is 10.9. The molecule has 1 heterocycles. The van der Waals surface area contributed by atoms with E-state index in [1.807, 2.05) is 13.8 Å². The number of nitrogen functional groups attached to an aromatic ring is 1. The van der Waals surface area contributed by atoms with Crippen molar-refractivity contribution in [1.29, 1.82) is 5.41 Å². The minimum absolute atomic E-state index is 0.00874. The van der Waals surface area contributed by atoms with E-state index in [4.69, 9.17) is 11.1 Å². The minimum Gasteiger partial charge on any atom is -0.384 e. The molecule has 1 aliphatic rings. The lowest BCUT2D eigenvalue weighted by atomic mass is 10.2. The molecule has 23 heavy (non-hydrogen) atoms. The summed E-state index contributed by atoms with van der Waals surface area (Å²) in [6.45, 7) is 4.45. The molecule has 2 atom stereocenters. The van der Waals surface area contributed by atoms with E-state index in [9.17, 15) is 9.59 Å². The smallest absolute Gasteiger partial charge is 0.315 e. The molecule has 5 N–H and O–H groups in total. The van der Waals surface area contributed by atoms with Crippen LogP contribution in [0.15, 0.2) is 24.3 Å². The van der Waals surface area contributed by atoms with Crippen LogP contribution in [0.25, 0.3) is 0 Å². The molecule has 124 valence electrons. The Morgan fingerprint density at radius 3 is 2.65 bits per heavy atom. The molecule has 1 aromatic rings. The molecule has 0 saturated carbocycles. The van der Waals surface area contributed by atoms with Crippen LogP contribution >= 0.6 is 0 Å². The number of nitrogens with zero attached hydrogens (tertiary/aromatic N) is 1. The van der Waals surface area contributed by atoms with E-state index >= 15 is 0 Å². The third-order valence-corrected chi connectivity index (χ3v) is 3.99. The number of hydrogen-bond donors (Lipinski definition) is 4. The molecule has 0 radical (unpaired) electrons. The molecular weight excluding hydrogens is 294 g/mol. The monoisotopic (exact) mass is 317 g/mol. The van der Waals surface area contributed by atoms with Crippen molar-refractivity contribution < 1.29 is 9.59 Å². The number of benzene rings is 1. The fraction of sp³-hybridized carbons (Fsp3) is 0.438. The number of amides is 3. The van der Waals surface area contributed by atoms with Gasteiger partial charge in [-0.25, -0.2) is 4.79 Å². The first-order valence-electron chi connectivity index (χ1n) is 7.75. The van der Waals surface area contributed by atoms with Crippen LogP contribution in [0.3, 0.4) is 0 Å². The zero-order valence-electron chi connectivity index (χ0n) is 13.4. The maximum Gasteiger partial charge on any atom is 0.315 e. The second-order valence-electron chi connectivity index (χ2n) is 5.72. The average molecular weight is 317 g/mol. The number of carbonyl (C=O) groups excluding carboxylic acids is 2. The fourth-order valence-corrected chi connectivity index (χ4v) is 2.42. The summed E-state index contributed by atoms with van der Waals surface area (Å²) in [6, 6.07) is 6.19. The van der Waals surface area contributed by atoms with Crippen molar-refractivity contribution in [3.05, 3.63) is 29.8 Å². The third kappa shape index (κ3) is 4.00. The Balaban J connectivity index is 1.98. The van der Waals surface area contributed by atoms with Gasteiger partial charge in [0.1, 0.15) is 11.9 Å². The highest BCUT2D eigenvalue weighted by atomic mass is 16.2. The Kier molecular flexibility index (Phi) is 5.20. The predicted molar refractivity (Wildman–Crippen MR) is 89.6 cm³/mol. The summed E-state index contributed by atoms with van der Waals surface area (Å²) < 4.78 is 0. The number of anilines is 1. The van der Waals surface area contributed by atoms with Crippen molar-refractivity contribution in [3.63, 3.8) is 0 Å². The lowest BCUT2D eigenvalue weighted by Crippen LogP contribution is -2.48. The largest absolute Gasteiger partial charge is 0.384 e. The quantitative estimate of drug-likeness (QED) is 0.483. The Hall–Kier alpha value is -2.57. The van der Waals surface area contributed by atoms with Crippen LogP contribution in [0.1, 0.15) is 32.3 Å². The van der Waals surface area contributed by atoms with Gasteiger partial charge in [-0.2, -0.15) is 0 Å². The van der Waals surface area contributed by atoms with Gasteiger partial charge in [-0.05, 0) is 44.0 Å². The summed E-state index contributed by atoms with van der Waals surface area (Å²) in [5.74, 6) is -0.134. The molecule has 1 aliphatic heterocycles. The van der Waals surface area contributed by atoms with Crippen molar-refractivity contribution in [2.75, 3.05) is 11.4 Å². The summed E-state index contributed by atoms with van der Waals surface area (Å²) in [6.07, 6.45) is 1.40. The molecular formula is C16H23N5O2. The van der Waals surface area contributed by atoms with Crippen LogP contribution in [0.4, 0.5) is 10.5 Å². The van der Waals surface area contributed by atoms with Gasteiger partial charge in [0.25, 0.3) is 0 Å². The zero-order valence-corrected chi connectivity index (χ0v) is 13.4. The average Bonchev–Trinajstić information content (AvgIpc) is 2.88. The van der Waals surface area contributed by atoms with Crippen LogP contribution in [-0.4, -0.2) is 36.4 Å². The molecule has 1 fully saturated rings. The maximum absolute atomic E-state index is 12.4. The van der Waals surface area contributed by atoms with Gasteiger partial charge in [-0.1, -0.05) is 6.92 Å². The number of nitrogens with one attached hydrogen (secondary N) is 3. The molecule has 2 rings (SSSR count). The normalized spacial score (nSPS) is 18.6. The van der Waals surface area contributed by atoms with Gasteiger partial charge < -0.3 is 21.3 Å². The van der Waals surface area contributed by atoms with Crippen LogP contribution < -0.4 is 21.3 Å². The molecule has 2 unspecified atom stereocenters. The molecule has 7 nitrogen and oxygen atoms in total. The number of rotatable bonds is 5. The molecule has 0 aliphatic carbocycles. The first-order valence-corrected chi connectivity index (χ1v) is 7.75. The number of amidine groups is 1. The summed E-state index contributed by atoms with van der Waals surface area (Å²) in [5, 5.41) is 12.9. The molecule has 7 heteroatoms. The van der Waals surface area contributed by atoms with Gasteiger partial charge in [-0.15, -0.1) is 0 Å². The van der Waals surface area contributed by atoms with Crippen LogP contribution in [0, 0.1) is 5.41 Å². The maximum atomic E-state index is 12.4. The van der Waals surface area contributed by atoms with Crippen LogP contribution in [-0.2, 0) is 4.79 Å². The van der Waals surface area contributed by atoms with Gasteiger partial charge >= 0.3 is 6.03 Å². The second kappa shape index (κ2) is 7.13. The highest BCUT2D eigenvalue weighted by Crippen LogP contribution is 2.22. The van der Waals surface area contributed by atoms with E-state index in [-0.39, 0.29) is 23.8 Å². The van der Waals surface area contributed by atoms with Crippen molar-refractivity contribution >= 4 is 23.5 Å². The SMILES string of the molecule is CCC(C)NC(=O)NC1CCN(c2ccc(C(=N)N)cc2)C1=O.